The Morgan fingerprint density at radius 3 is 1.50 bits per heavy atom. The molecule has 0 aromatic rings. The van der Waals surface area contributed by atoms with E-state index in [4.69, 9.17) is 0 Å². The van der Waals surface area contributed by atoms with Gasteiger partial charge in [-0.2, -0.15) is 0 Å². The fourth-order valence-corrected chi connectivity index (χ4v) is 1.41. The SMILES string of the molecule is CNC(C)(C)CC(C)(C)C.NS. The van der Waals surface area contributed by atoms with Crippen LogP contribution in [0.5, 0.6) is 0 Å². The average Bonchev–Trinajstić information content (AvgIpc) is 1.88. The Morgan fingerprint density at radius 2 is 1.42 bits per heavy atom. The highest BCUT2D eigenvalue weighted by molar-refractivity contribution is 7.77. The molecule has 0 radical (unpaired) electrons. The molecule has 0 bridgehead atoms. The quantitative estimate of drug-likeness (QED) is 0.587. The molecule has 12 heavy (non-hydrogen) atoms. The monoisotopic (exact) mass is 192 g/mol. The average molecular weight is 192 g/mol. The third-order valence-corrected chi connectivity index (χ3v) is 1.65. The molecule has 0 rings (SSSR count). The Morgan fingerprint density at radius 1 is 1.08 bits per heavy atom. The van der Waals surface area contributed by atoms with Crippen LogP contribution in [-0.2, 0) is 0 Å². The summed E-state index contributed by atoms with van der Waals surface area (Å²) in [6.07, 6.45) is 1.20. The third-order valence-electron chi connectivity index (χ3n) is 1.65. The minimum atomic E-state index is 0.276. The second-order valence-electron chi connectivity index (χ2n) is 4.87. The predicted octanol–water partition coefficient (Wildman–Crippen LogP) is 2.21. The molecule has 0 aromatic heterocycles. The van der Waals surface area contributed by atoms with Crippen LogP contribution in [0.2, 0.25) is 0 Å². The van der Waals surface area contributed by atoms with Gasteiger partial charge in [0, 0.05) is 5.54 Å². The van der Waals surface area contributed by atoms with Crippen molar-refractivity contribution in [3.8, 4) is 0 Å². The highest BCUT2D eigenvalue weighted by Crippen LogP contribution is 2.26. The topological polar surface area (TPSA) is 38.0 Å². The van der Waals surface area contributed by atoms with Gasteiger partial charge in [-0.15, -0.1) is 12.8 Å². The lowest BCUT2D eigenvalue weighted by molar-refractivity contribution is 0.254. The van der Waals surface area contributed by atoms with E-state index in [1.165, 1.54) is 6.42 Å². The fraction of sp³-hybridized carbons (Fsp3) is 1.00. The molecule has 2 nitrogen and oxygen atoms in total. The Labute approximate surface area is 82.8 Å². The minimum Gasteiger partial charge on any atom is -0.315 e. The zero-order valence-electron chi connectivity index (χ0n) is 9.23. The standard InChI is InChI=1S/C9H21N.H3NS/c1-8(2,3)7-9(4,5)10-6;1-2/h10H,7H2,1-6H3;2H,1H2. The lowest BCUT2D eigenvalue weighted by Gasteiger charge is -2.31. The number of nitrogens with two attached hydrogens (primary N) is 1. The van der Waals surface area contributed by atoms with E-state index in [9.17, 15) is 0 Å². The van der Waals surface area contributed by atoms with Crippen molar-refractivity contribution in [2.24, 2.45) is 10.6 Å². The second-order valence-corrected chi connectivity index (χ2v) is 4.87. The summed E-state index contributed by atoms with van der Waals surface area (Å²) in [5.74, 6) is 0. The molecule has 0 aliphatic carbocycles. The van der Waals surface area contributed by atoms with Crippen LogP contribution in [0.1, 0.15) is 41.0 Å². The summed E-state index contributed by atoms with van der Waals surface area (Å²) in [6.45, 7) is 11.3. The molecule has 0 saturated heterocycles. The van der Waals surface area contributed by atoms with Gasteiger partial charge in [-0.3, -0.25) is 5.14 Å². The summed E-state index contributed by atoms with van der Waals surface area (Å²) in [5.41, 5.74) is 0.699. The van der Waals surface area contributed by atoms with Crippen molar-refractivity contribution in [2.75, 3.05) is 7.05 Å². The number of hydrogen-bond donors (Lipinski definition) is 3. The summed E-state index contributed by atoms with van der Waals surface area (Å²) in [7, 11) is 2.02. The van der Waals surface area contributed by atoms with E-state index in [0.29, 0.717) is 5.41 Å². The van der Waals surface area contributed by atoms with Gasteiger partial charge in [-0.05, 0) is 32.7 Å². The summed E-state index contributed by atoms with van der Waals surface area (Å²) in [4.78, 5) is 0. The Kier molecular flexibility index (Phi) is 7.19. The Bertz CT molecular complexity index is 106. The van der Waals surface area contributed by atoms with E-state index >= 15 is 0 Å². The van der Waals surface area contributed by atoms with Gasteiger partial charge >= 0.3 is 0 Å². The fourth-order valence-electron chi connectivity index (χ4n) is 1.41. The molecule has 3 N–H and O–H groups in total. The van der Waals surface area contributed by atoms with Crippen LogP contribution >= 0.6 is 12.8 Å². The smallest absolute Gasteiger partial charge is 0.0127 e. The maximum absolute atomic E-state index is 4.19. The summed E-state index contributed by atoms with van der Waals surface area (Å²) in [6, 6.07) is 0. The van der Waals surface area contributed by atoms with Gasteiger partial charge in [-0.25, -0.2) is 0 Å². The minimum absolute atomic E-state index is 0.276. The Balaban J connectivity index is 0. The van der Waals surface area contributed by atoms with Gasteiger partial charge in [0.05, 0.1) is 0 Å². The lowest BCUT2D eigenvalue weighted by atomic mass is 9.82. The molecule has 0 spiro atoms. The molecular weight excluding hydrogens is 168 g/mol. The highest BCUT2D eigenvalue weighted by Gasteiger charge is 2.22. The van der Waals surface area contributed by atoms with Gasteiger partial charge in [0.2, 0.25) is 0 Å². The number of rotatable bonds is 2. The van der Waals surface area contributed by atoms with Crippen LogP contribution in [-0.4, -0.2) is 12.6 Å². The molecular formula is C9H24N2S. The molecule has 0 unspecified atom stereocenters. The molecule has 0 saturated carbocycles. The zero-order valence-corrected chi connectivity index (χ0v) is 10.1. The van der Waals surface area contributed by atoms with E-state index in [2.05, 4.69) is 57.9 Å². The molecule has 0 heterocycles. The lowest BCUT2D eigenvalue weighted by Crippen LogP contribution is -2.39. The molecule has 0 amide bonds. The van der Waals surface area contributed by atoms with Crippen molar-refractivity contribution in [3.05, 3.63) is 0 Å². The first-order chi connectivity index (χ1) is 5.27. The first-order valence-corrected chi connectivity index (χ1v) is 4.73. The van der Waals surface area contributed by atoms with Crippen molar-refractivity contribution in [2.45, 2.75) is 46.6 Å². The van der Waals surface area contributed by atoms with E-state index in [0.717, 1.165) is 0 Å². The summed E-state index contributed by atoms with van der Waals surface area (Å²) in [5, 5.41) is 7.49. The van der Waals surface area contributed by atoms with Crippen molar-refractivity contribution >= 4 is 12.8 Å². The molecule has 0 aliphatic rings. The van der Waals surface area contributed by atoms with Crippen molar-refractivity contribution in [1.82, 2.24) is 5.32 Å². The van der Waals surface area contributed by atoms with Gasteiger partial charge in [0.25, 0.3) is 0 Å². The third kappa shape index (κ3) is 10.3. The predicted molar refractivity (Wildman–Crippen MR) is 60.4 cm³/mol. The van der Waals surface area contributed by atoms with Crippen LogP contribution < -0.4 is 10.5 Å². The summed E-state index contributed by atoms with van der Waals surface area (Å²) < 4.78 is 0. The van der Waals surface area contributed by atoms with Crippen LogP contribution in [0, 0.1) is 5.41 Å². The molecule has 0 aromatic carbocycles. The first kappa shape index (κ1) is 14.8. The van der Waals surface area contributed by atoms with Gasteiger partial charge in [0.15, 0.2) is 0 Å². The van der Waals surface area contributed by atoms with Gasteiger partial charge < -0.3 is 5.32 Å². The first-order valence-electron chi connectivity index (χ1n) is 4.22. The van der Waals surface area contributed by atoms with Crippen molar-refractivity contribution in [3.63, 3.8) is 0 Å². The van der Waals surface area contributed by atoms with E-state index in [1.54, 1.807) is 0 Å². The maximum Gasteiger partial charge on any atom is 0.0127 e. The van der Waals surface area contributed by atoms with E-state index in [1.807, 2.05) is 7.05 Å². The van der Waals surface area contributed by atoms with Gasteiger partial charge in [-0.1, -0.05) is 20.8 Å². The molecule has 3 heteroatoms. The largest absolute Gasteiger partial charge is 0.315 e. The molecule has 0 fully saturated rings. The van der Waals surface area contributed by atoms with Crippen molar-refractivity contribution < 1.29 is 0 Å². The number of thiol groups is 1. The molecule has 0 aliphatic heterocycles. The molecule has 0 atom stereocenters. The highest BCUT2D eigenvalue weighted by atomic mass is 32.1. The van der Waals surface area contributed by atoms with Gasteiger partial charge in [0.1, 0.15) is 0 Å². The van der Waals surface area contributed by atoms with Crippen LogP contribution in [0.15, 0.2) is 0 Å². The second kappa shape index (κ2) is 5.84. The molecule has 76 valence electrons. The maximum atomic E-state index is 4.19. The summed E-state index contributed by atoms with van der Waals surface area (Å²) >= 11 is 3.03. The zero-order chi connectivity index (χ0) is 10.4. The van der Waals surface area contributed by atoms with E-state index in [-0.39, 0.29) is 5.54 Å². The number of hydrogen-bond acceptors (Lipinski definition) is 3. The van der Waals surface area contributed by atoms with Crippen molar-refractivity contribution in [1.29, 1.82) is 0 Å². The van der Waals surface area contributed by atoms with Crippen LogP contribution in [0.4, 0.5) is 0 Å². The van der Waals surface area contributed by atoms with Crippen LogP contribution in [0.25, 0.3) is 0 Å². The normalized spacial score (nSPS) is 12.0. The number of nitrogens with one attached hydrogen (secondary N) is 1. The van der Waals surface area contributed by atoms with Crippen LogP contribution in [0.3, 0.4) is 0 Å². The van der Waals surface area contributed by atoms with E-state index < -0.39 is 0 Å². The Hall–Kier alpha value is 0.270.